The number of nitrogen functional groups attached to an aromatic ring is 1. The van der Waals surface area contributed by atoms with Gasteiger partial charge >= 0.3 is 6.01 Å². The molecule has 1 aromatic carbocycles. The molecule has 1 unspecified atom stereocenters. The largest absolute Gasteiger partial charge is 0.475 e. The fraction of sp³-hybridized carbons (Fsp3) is 0.577. The Labute approximate surface area is 205 Å². The first kappa shape index (κ1) is 23.8. The SMILES string of the molecule is COC(O)CC1CCC(c2ccc(N3CCOc4nc(OC5CCC5)nc(N)c4C3=O)cc2)CC1. The van der Waals surface area contributed by atoms with Gasteiger partial charge in [0.2, 0.25) is 5.88 Å². The molecule has 2 aliphatic carbocycles. The van der Waals surface area contributed by atoms with Gasteiger partial charge in [0, 0.05) is 19.2 Å². The molecule has 3 N–H and O–H groups in total. The van der Waals surface area contributed by atoms with Crippen molar-refractivity contribution in [3.8, 4) is 11.9 Å². The van der Waals surface area contributed by atoms with Crippen LogP contribution in [0.2, 0.25) is 0 Å². The van der Waals surface area contributed by atoms with Crippen molar-refractivity contribution in [2.45, 2.75) is 69.7 Å². The van der Waals surface area contributed by atoms with Crippen molar-refractivity contribution in [3.63, 3.8) is 0 Å². The maximum atomic E-state index is 13.4. The summed E-state index contributed by atoms with van der Waals surface area (Å²) in [5, 5.41) is 9.74. The Balaban J connectivity index is 1.26. The summed E-state index contributed by atoms with van der Waals surface area (Å²) in [5.74, 6) is 0.985. The Kier molecular flexibility index (Phi) is 7.06. The monoisotopic (exact) mass is 482 g/mol. The van der Waals surface area contributed by atoms with E-state index in [0.29, 0.717) is 31.4 Å². The van der Waals surface area contributed by atoms with Crippen LogP contribution in [-0.4, -0.2) is 53.6 Å². The van der Waals surface area contributed by atoms with Gasteiger partial charge in [0.05, 0.1) is 6.54 Å². The summed E-state index contributed by atoms with van der Waals surface area (Å²) in [6, 6.07) is 8.37. The van der Waals surface area contributed by atoms with Gasteiger partial charge in [0.15, 0.2) is 6.29 Å². The minimum atomic E-state index is -0.669. The Hall–Kier alpha value is -2.91. The second-order valence-corrected chi connectivity index (χ2v) is 9.78. The molecular formula is C26H34N4O5. The first-order valence-electron chi connectivity index (χ1n) is 12.6. The third-order valence-electron chi connectivity index (χ3n) is 7.55. The van der Waals surface area contributed by atoms with Gasteiger partial charge in [-0.3, -0.25) is 4.79 Å². The average molecular weight is 483 g/mol. The van der Waals surface area contributed by atoms with Gasteiger partial charge < -0.3 is 30.0 Å². The number of benzene rings is 1. The van der Waals surface area contributed by atoms with Gasteiger partial charge in [0.25, 0.3) is 5.91 Å². The number of nitrogens with zero attached hydrogens (tertiary/aromatic N) is 3. The number of hydrogen-bond acceptors (Lipinski definition) is 8. The zero-order valence-corrected chi connectivity index (χ0v) is 20.2. The molecule has 2 aromatic rings. The van der Waals surface area contributed by atoms with E-state index in [4.69, 9.17) is 19.9 Å². The Morgan fingerprint density at radius 3 is 2.54 bits per heavy atom. The molecule has 9 heteroatoms. The normalized spacial score (nSPS) is 23.6. The molecule has 188 valence electrons. The molecule has 3 aliphatic rings. The number of aromatic nitrogens is 2. The molecule has 2 fully saturated rings. The lowest BCUT2D eigenvalue weighted by Gasteiger charge is -2.30. The number of carbonyl (C=O) groups excluding carboxylic acids is 1. The van der Waals surface area contributed by atoms with Crippen molar-refractivity contribution in [2.24, 2.45) is 5.92 Å². The number of anilines is 2. The second kappa shape index (κ2) is 10.4. The van der Waals surface area contributed by atoms with Crippen LogP contribution in [0.5, 0.6) is 11.9 Å². The number of fused-ring (bicyclic) bond motifs is 1. The first-order chi connectivity index (χ1) is 17.0. The highest BCUT2D eigenvalue weighted by atomic mass is 16.6. The summed E-state index contributed by atoms with van der Waals surface area (Å²) in [6.07, 6.45) is 7.55. The minimum Gasteiger partial charge on any atom is -0.475 e. The van der Waals surface area contributed by atoms with Crippen LogP contribution in [0.4, 0.5) is 11.5 Å². The zero-order chi connectivity index (χ0) is 24.4. The number of nitrogens with two attached hydrogens (primary N) is 1. The van der Waals surface area contributed by atoms with E-state index in [1.807, 2.05) is 12.1 Å². The van der Waals surface area contributed by atoms with Crippen molar-refractivity contribution >= 4 is 17.4 Å². The summed E-state index contributed by atoms with van der Waals surface area (Å²) in [5.41, 5.74) is 8.42. The maximum absolute atomic E-state index is 13.4. The number of aliphatic hydroxyl groups is 1. The molecule has 0 saturated heterocycles. The predicted molar refractivity (Wildman–Crippen MR) is 131 cm³/mol. The van der Waals surface area contributed by atoms with E-state index in [1.54, 1.807) is 12.0 Å². The van der Waals surface area contributed by atoms with Gasteiger partial charge in [-0.05, 0) is 74.5 Å². The highest BCUT2D eigenvalue weighted by Crippen LogP contribution is 2.38. The first-order valence-corrected chi connectivity index (χ1v) is 12.6. The standard InChI is InChI=1S/C26H34N4O5/c1-33-21(31)15-16-5-7-17(8-6-16)18-9-11-19(12-10-18)30-13-14-34-24-22(25(30)32)23(27)28-26(29-24)35-20-3-2-4-20/h9-12,16-17,20-21,31H,2-8,13-15H2,1H3,(H2,27,28,29). The highest BCUT2D eigenvalue weighted by Gasteiger charge is 2.31. The lowest BCUT2D eigenvalue weighted by Crippen LogP contribution is -2.33. The molecule has 9 nitrogen and oxygen atoms in total. The number of carbonyl (C=O) groups is 1. The minimum absolute atomic E-state index is 0.0770. The van der Waals surface area contributed by atoms with Crippen molar-refractivity contribution < 1.29 is 24.1 Å². The average Bonchev–Trinajstić information content (AvgIpc) is 3.01. The molecule has 2 saturated carbocycles. The van der Waals surface area contributed by atoms with E-state index >= 15 is 0 Å². The number of ether oxygens (including phenoxy) is 3. The number of rotatable bonds is 7. The van der Waals surface area contributed by atoms with Crippen LogP contribution < -0.4 is 20.1 Å². The Bertz CT molecular complexity index is 1030. The molecule has 1 aromatic heterocycles. The van der Waals surface area contributed by atoms with Crippen LogP contribution in [-0.2, 0) is 4.74 Å². The van der Waals surface area contributed by atoms with Crippen LogP contribution in [0.3, 0.4) is 0 Å². The van der Waals surface area contributed by atoms with E-state index in [2.05, 4.69) is 22.1 Å². The summed E-state index contributed by atoms with van der Waals surface area (Å²) in [6.45, 7) is 0.691. The zero-order valence-electron chi connectivity index (χ0n) is 20.2. The molecule has 2 heterocycles. The number of aliphatic hydroxyl groups excluding tert-OH is 1. The number of methoxy groups -OCH3 is 1. The van der Waals surface area contributed by atoms with Crippen LogP contribution >= 0.6 is 0 Å². The van der Waals surface area contributed by atoms with E-state index in [0.717, 1.165) is 50.6 Å². The lowest BCUT2D eigenvalue weighted by atomic mass is 9.77. The van der Waals surface area contributed by atoms with Crippen LogP contribution in [0, 0.1) is 5.92 Å². The molecule has 0 radical (unpaired) electrons. The summed E-state index contributed by atoms with van der Waals surface area (Å²) in [7, 11) is 1.54. The fourth-order valence-electron chi connectivity index (χ4n) is 5.19. The second-order valence-electron chi connectivity index (χ2n) is 9.78. The van der Waals surface area contributed by atoms with Gasteiger partial charge in [0.1, 0.15) is 24.1 Å². The number of hydrogen-bond donors (Lipinski definition) is 2. The van der Waals surface area contributed by atoms with Crippen molar-refractivity contribution in [1.29, 1.82) is 0 Å². The van der Waals surface area contributed by atoms with Crippen LogP contribution in [0.1, 0.15) is 73.2 Å². The molecule has 1 aliphatic heterocycles. The maximum Gasteiger partial charge on any atom is 0.322 e. The molecule has 1 atom stereocenters. The van der Waals surface area contributed by atoms with Gasteiger partial charge in [-0.2, -0.15) is 9.97 Å². The fourth-order valence-corrected chi connectivity index (χ4v) is 5.19. The summed E-state index contributed by atoms with van der Waals surface area (Å²) >= 11 is 0. The smallest absolute Gasteiger partial charge is 0.322 e. The van der Waals surface area contributed by atoms with Gasteiger partial charge in [-0.25, -0.2) is 0 Å². The van der Waals surface area contributed by atoms with E-state index in [1.165, 1.54) is 5.56 Å². The summed E-state index contributed by atoms with van der Waals surface area (Å²) < 4.78 is 16.6. The molecule has 5 rings (SSSR count). The quantitative estimate of drug-likeness (QED) is 0.574. The lowest BCUT2D eigenvalue weighted by molar-refractivity contribution is -0.0897. The van der Waals surface area contributed by atoms with Gasteiger partial charge in [-0.1, -0.05) is 12.1 Å². The van der Waals surface area contributed by atoms with Crippen molar-refractivity contribution in [1.82, 2.24) is 9.97 Å². The van der Waals surface area contributed by atoms with E-state index in [-0.39, 0.29) is 35.3 Å². The van der Waals surface area contributed by atoms with Crippen LogP contribution in [0.15, 0.2) is 24.3 Å². The predicted octanol–water partition coefficient (Wildman–Crippen LogP) is 3.66. The molecule has 0 bridgehead atoms. The summed E-state index contributed by atoms with van der Waals surface area (Å²) in [4.78, 5) is 23.6. The van der Waals surface area contributed by atoms with Crippen LogP contribution in [0.25, 0.3) is 0 Å². The van der Waals surface area contributed by atoms with Crippen molar-refractivity contribution in [2.75, 3.05) is 30.9 Å². The Morgan fingerprint density at radius 1 is 1.14 bits per heavy atom. The molecule has 35 heavy (non-hydrogen) atoms. The van der Waals surface area contributed by atoms with E-state index in [9.17, 15) is 9.90 Å². The Morgan fingerprint density at radius 2 is 1.89 bits per heavy atom. The number of amides is 1. The molecular weight excluding hydrogens is 448 g/mol. The van der Waals surface area contributed by atoms with E-state index < -0.39 is 6.29 Å². The van der Waals surface area contributed by atoms with Gasteiger partial charge in [-0.15, -0.1) is 0 Å². The third-order valence-corrected chi connectivity index (χ3v) is 7.55. The third kappa shape index (κ3) is 5.21. The highest BCUT2D eigenvalue weighted by molar-refractivity contribution is 6.10. The molecule has 0 spiro atoms. The topological polar surface area (TPSA) is 120 Å². The van der Waals surface area contributed by atoms with Crippen molar-refractivity contribution in [3.05, 3.63) is 35.4 Å². The molecule has 1 amide bonds.